The molecule has 0 N–H and O–H groups in total. The SMILES string of the molecule is C=C=C(C(=O)OCC)C(OC(C)=O)C1CCCCC1. The van der Waals surface area contributed by atoms with Gasteiger partial charge in [0.15, 0.2) is 0 Å². The van der Waals surface area contributed by atoms with Gasteiger partial charge in [0, 0.05) is 12.8 Å². The second-order valence-corrected chi connectivity index (χ2v) is 4.74. The summed E-state index contributed by atoms with van der Waals surface area (Å²) < 4.78 is 10.3. The van der Waals surface area contributed by atoms with Gasteiger partial charge in [-0.1, -0.05) is 25.8 Å². The monoisotopic (exact) mass is 266 g/mol. The predicted octanol–water partition coefficient (Wildman–Crippen LogP) is 2.77. The Hall–Kier alpha value is -1.54. The summed E-state index contributed by atoms with van der Waals surface area (Å²) in [7, 11) is 0. The van der Waals surface area contributed by atoms with Crippen LogP contribution in [0, 0.1) is 5.92 Å². The maximum absolute atomic E-state index is 11.9. The molecule has 1 atom stereocenters. The third kappa shape index (κ3) is 4.56. The third-order valence-corrected chi connectivity index (χ3v) is 3.34. The highest BCUT2D eigenvalue weighted by Crippen LogP contribution is 2.31. The van der Waals surface area contributed by atoms with Crippen molar-refractivity contribution in [1.82, 2.24) is 0 Å². The fourth-order valence-corrected chi connectivity index (χ4v) is 2.50. The molecule has 1 unspecified atom stereocenters. The summed E-state index contributed by atoms with van der Waals surface area (Å²) in [5.41, 5.74) is 2.84. The van der Waals surface area contributed by atoms with Gasteiger partial charge >= 0.3 is 11.9 Å². The smallest absolute Gasteiger partial charge is 0.345 e. The van der Waals surface area contributed by atoms with Crippen LogP contribution in [0.15, 0.2) is 17.9 Å². The number of rotatable bonds is 5. The lowest BCUT2D eigenvalue weighted by Gasteiger charge is -2.29. The number of hydrogen-bond donors (Lipinski definition) is 0. The van der Waals surface area contributed by atoms with Crippen molar-refractivity contribution in [1.29, 1.82) is 0 Å². The number of hydrogen-bond acceptors (Lipinski definition) is 4. The molecule has 1 rings (SSSR count). The molecule has 1 aliphatic carbocycles. The zero-order chi connectivity index (χ0) is 14.3. The van der Waals surface area contributed by atoms with Gasteiger partial charge < -0.3 is 9.47 Å². The van der Waals surface area contributed by atoms with Gasteiger partial charge in [-0.25, -0.2) is 4.79 Å². The first-order valence-corrected chi connectivity index (χ1v) is 6.84. The van der Waals surface area contributed by atoms with Crippen LogP contribution in [0.3, 0.4) is 0 Å². The van der Waals surface area contributed by atoms with E-state index in [1.807, 2.05) is 0 Å². The summed E-state index contributed by atoms with van der Waals surface area (Å²) in [5, 5.41) is 0. The lowest BCUT2D eigenvalue weighted by atomic mass is 9.82. The minimum absolute atomic E-state index is 0.159. The Morgan fingerprint density at radius 3 is 2.42 bits per heavy atom. The Morgan fingerprint density at radius 1 is 1.32 bits per heavy atom. The molecular formula is C15H22O4. The van der Waals surface area contributed by atoms with Gasteiger partial charge in [0.1, 0.15) is 11.7 Å². The third-order valence-electron chi connectivity index (χ3n) is 3.34. The molecule has 4 heteroatoms. The first kappa shape index (κ1) is 15.5. The quantitative estimate of drug-likeness (QED) is 0.436. The van der Waals surface area contributed by atoms with Gasteiger partial charge in [-0.15, -0.1) is 5.73 Å². The van der Waals surface area contributed by atoms with E-state index in [0.29, 0.717) is 0 Å². The number of esters is 2. The molecule has 1 aliphatic rings. The molecule has 4 nitrogen and oxygen atoms in total. The molecular weight excluding hydrogens is 244 g/mol. The van der Waals surface area contributed by atoms with Crippen LogP contribution < -0.4 is 0 Å². The van der Waals surface area contributed by atoms with Crippen LogP contribution in [-0.2, 0) is 19.1 Å². The van der Waals surface area contributed by atoms with E-state index >= 15 is 0 Å². The molecule has 1 saturated carbocycles. The van der Waals surface area contributed by atoms with Crippen molar-refractivity contribution >= 4 is 11.9 Å². The Kier molecular flexibility index (Phi) is 6.37. The van der Waals surface area contributed by atoms with E-state index in [2.05, 4.69) is 12.3 Å². The van der Waals surface area contributed by atoms with Gasteiger partial charge in [-0.05, 0) is 19.8 Å². The second-order valence-electron chi connectivity index (χ2n) is 4.74. The van der Waals surface area contributed by atoms with Crippen molar-refractivity contribution in [2.24, 2.45) is 5.92 Å². The van der Waals surface area contributed by atoms with Gasteiger partial charge in [-0.3, -0.25) is 4.79 Å². The second kappa shape index (κ2) is 7.80. The van der Waals surface area contributed by atoms with E-state index in [4.69, 9.17) is 9.47 Å². The molecule has 0 radical (unpaired) electrons. The van der Waals surface area contributed by atoms with Gasteiger partial charge in [0.2, 0.25) is 0 Å². The van der Waals surface area contributed by atoms with Crippen LogP contribution >= 0.6 is 0 Å². The summed E-state index contributed by atoms with van der Waals surface area (Å²) in [6, 6.07) is 0. The molecule has 0 aliphatic heterocycles. The molecule has 0 spiro atoms. The molecule has 0 saturated heterocycles. The standard InChI is InChI=1S/C15H22O4/c1-4-13(15(17)18-5-2)14(19-11(3)16)12-9-7-6-8-10-12/h12,14H,1,5-10H2,2-3H3. The summed E-state index contributed by atoms with van der Waals surface area (Å²) in [6.07, 6.45) is 4.70. The maximum Gasteiger partial charge on any atom is 0.345 e. The molecule has 19 heavy (non-hydrogen) atoms. The van der Waals surface area contributed by atoms with Crippen LogP contribution in [0.1, 0.15) is 46.0 Å². The molecule has 0 aromatic carbocycles. The lowest BCUT2D eigenvalue weighted by molar-refractivity contribution is -0.150. The molecule has 0 bridgehead atoms. The number of carbonyl (C=O) groups excluding carboxylic acids is 2. The number of ether oxygens (including phenoxy) is 2. The first-order chi connectivity index (χ1) is 9.10. The first-order valence-electron chi connectivity index (χ1n) is 6.84. The minimum Gasteiger partial charge on any atom is -0.462 e. The zero-order valence-electron chi connectivity index (χ0n) is 11.7. The summed E-state index contributed by atoms with van der Waals surface area (Å²) >= 11 is 0. The normalized spacial score (nSPS) is 17.2. The summed E-state index contributed by atoms with van der Waals surface area (Å²) in [6.45, 7) is 6.90. The highest BCUT2D eigenvalue weighted by molar-refractivity contribution is 5.89. The van der Waals surface area contributed by atoms with Crippen molar-refractivity contribution in [3.8, 4) is 0 Å². The molecule has 106 valence electrons. The lowest BCUT2D eigenvalue weighted by Crippen LogP contribution is -2.33. The predicted molar refractivity (Wildman–Crippen MR) is 71.4 cm³/mol. The summed E-state index contributed by atoms with van der Waals surface area (Å²) in [4.78, 5) is 23.1. The molecule has 0 aromatic rings. The highest BCUT2D eigenvalue weighted by Gasteiger charge is 2.33. The van der Waals surface area contributed by atoms with E-state index in [0.717, 1.165) is 25.7 Å². The van der Waals surface area contributed by atoms with Crippen LogP contribution in [0.2, 0.25) is 0 Å². The average molecular weight is 266 g/mol. The van der Waals surface area contributed by atoms with E-state index in [1.165, 1.54) is 13.3 Å². The van der Waals surface area contributed by atoms with Crippen LogP contribution in [0.5, 0.6) is 0 Å². The van der Waals surface area contributed by atoms with Gasteiger partial charge in [0.05, 0.1) is 6.61 Å². The highest BCUT2D eigenvalue weighted by atomic mass is 16.6. The van der Waals surface area contributed by atoms with Crippen LogP contribution in [-0.4, -0.2) is 24.6 Å². The van der Waals surface area contributed by atoms with Crippen molar-refractivity contribution in [3.05, 3.63) is 17.9 Å². The van der Waals surface area contributed by atoms with E-state index < -0.39 is 18.0 Å². The summed E-state index contributed by atoms with van der Waals surface area (Å²) in [5.74, 6) is -0.728. The Balaban J connectivity index is 2.90. The van der Waals surface area contributed by atoms with Crippen molar-refractivity contribution in [3.63, 3.8) is 0 Å². The number of carbonyl (C=O) groups is 2. The molecule has 0 amide bonds. The van der Waals surface area contributed by atoms with Crippen LogP contribution in [0.25, 0.3) is 0 Å². The van der Waals surface area contributed by atoms with E-state index in [-0.39, 0.29) is 18.1 Å². The van der Waals surface area contributed by atoms with Crippen molar-refractivity contribution in [2.75, 3.05) is 6.61 Å². The average Bonchev–Trinajstić information content (AvgIpc) is 2.39. The Morgan fingerprint density at radius 2 is 1.95 bits per heavy atom. The fourth-order valence-electron chi connectivity index (χ4n) is 2.50. The fraction of sp³-hybridized carbons (Fsp3) is 0.667. The van der Waals surface area contributed by atoms with E-state index in [9.17, 15) is 9.59 Å². The molecule has 0 aromatic heterocycles. The Labute approximate surface area is 114 Å². The Bertz CT molecular complexity index is 374. The minimum atomic E-state index is -0.575. The van der Waals surface area contributed by atoms with Crippen LogP contribution in [0.4, 0.5) is 0 Å². The largest absolute Gasteiger partial charge is 0.462 e. The van der Waals surface area contributed by atoms with Crippen molar-refractivity contribution < 1.29 is 19.1 Å². The maximum atomic E-state index is 11.9. The zero-order valence-corrected chi connectivity index (χ0v) is 11.7. The van der Waals surface area contributed by atoms with Crippen molar-refractivity contribution in [2.45, 2.75) is 52.1 Å². The van der Waals surface area contributed by atoms with Gasteiger partial charge in [0.25, 0.3) is 0 Å². The molecule has 0 heterocycles. The topological polar surface area (TPSA) is 52.6 Å². The van der Waals surface area contributed by atoms with E-state index in [1.54, 1.807) is 6.92 Å². The molecule has 1 fully saturated rings. The van der Waals surface area contributed by atoms with Gasteiger partial charge in [-0.2, -0.15) is 0 Å².